The van der Waals surface area contributed by atoms with Gasteiger partial charge in [0, 0.05) is 10.4 Å². The van der Waals surface area contributed by atoms with Crippen molar-refractivity contribution in [2.45, 2.75) is 36.0 Å². The summed E-state index contributed by atoms with van der Waals surface area (Å²) in [6.07, 6.45) is 2.11. The van der Waals surface area contributed by atoms with E-state index in [0.717, 1.165) is 24.9 Å². The lowest BCUT2D eigenvalue weighted by molar-refractivity contribution is 0.252. The molecule has 1 aromatic rings. The second-order valence-corrected chi connectivity index (χ2v) is 5.27. The molecule has 0 radical (unpaired) electrons. The Morgan fingerprint density at radius 2 is 2.12 bits per heavy atom. The van der Waals surface area contributed by atoms with E-state index < -0.39 is 5.76 Å². The van der Waals surface area contributed by atoms with Gasteiger partial charge in [0.05, 0.1) is 0 Å². The van der Waals surface area contributed by atoms with Gasteiger partial charge in [-0.25, -0.2) is 0 Å². The zero-order chi connectivity index (χ0) is 11.6. The lowest BCUT2D eigenvalue weighted by Crippen LogP contribution is -2.33. The number of nitrogens with one attached hydrogen (secondary N) is 1. The van der Waals surface area contributed by atoms with Crippen LogP contribution in [0, 0.1) is 0 Å². The first-order valence-electron chi connectivity index (χ1n) is 5.41. The molecular weight excluding hydrogens is 228 g/mol. The molecule has 4 heteroatoms. The van der Waals surface area contributed by atoms with Gasteiger partial charge in [0.2, 0.25) is 0 Å². The van der Waals surface area contributed by atoms with E-state index in [-0.39, 0.29) is 5.54 Å². The first kappa shape index (κ1) is 11.9. The number of alkyl halides is 2. The van der Waals surface area contributed by atoms with E-state index in [0.29, 0.717) is 16.7 Å². The minimum absolute atomic E-state index is 0.140. The first-order chi connectivity index (χ1) is 7.62. The molecule has 1 fully saturated rings. The summed E-state index contributed by atoms with van der Waals surface area (Å²) < 4.78 is 24.9. The molecule has 1 N–H and O–H groups in total. The highest BCUT2D eigenvalue weighted by Gasteiger charge is 2.32. The fraction of sp³-hybridized carbons (Fsp3) is 0.500. The van der Waals surface area contributed by atoms with Gasteiger partial charge in [-0.2, -0.15) is 8.78 Å². The highest BCUT2D eigenvalue weighted by Crippen LogP contribution is 2.38. The third kappa shape index (κ3) is 2.38. The highest BCUT2D eigenvalue weighted by molar-refractivity contribution is 7.99. The van der Waals surface area contributed by atoms with Gasteiger partial charge in [0.1, 0.15) is 0 Å². The average molecular weight is 243 g/mol. The van der Waals surface area contributed by atoms with Crippen LogP contribution >= 0.6 is 11.8 Å². The van der Waals surface area contributed by atoms with Crippen molar-refractivity contribution in [2.75, 3.05) is 6.54 Å². The van der Waals surface area contributed by atoms with E-state index in [9.17, 15) is 8.78 Å². The van der Waals surface area contributed by atoms with Crippen LogP contribution in [0.2, 0.25) is 0 Å². The molecule has 1 unspecified atom stereocenters. The summed E-state index contributed by atoms with van der Waals surface area (Å²) in [5.41, 5.74) is 0.858. The predicted molar refractivity (Wildman–Crippen MR) is 62.9 cm³/mol. The first-order valence-corrected chi connectivity index (χ1v) is 6.29. The highest BCUT2D eigenvalue weighted by atomic mass is 32.2. The third-order valence-electron chi connectivity index (χ3n) is 3.07. The summed E-state index contributed by atoms with van der Waals surface area (Å²) in [5, 5.41) is 3.40. The van der Waals surface area contributed by atoms with E-state index >= 15 is 0 Å². The van der Waals surface area contributed by atoms with Crippen molar-refractivity contribution in [1.29, 1.82) is 0 Å². The van der Waals surface area contributed by atoms with Gasteiger partial charge in [-0.05, 0) is 37.9 Å². The zero-order valence-corrected chi connectivity index (χ0v) is 9.99. The standard InChI is InChI=1S/C12H15F2NS/c1-12(7-4-8-15-12)9-5-2-3-6-10(9)16-11(13)14/h2-3,5-6,11,15H,4,7-8H2,1H3. The van der Waals surface area contributed by atoms with Gasteiger partial charge < -0.3 is 5.32 Å². The zero-order valence-electron chi connectivity index (χ0n) is 9.17. The maximum atomic E-state index is 12.5. The Labute approximate surface area is 98.6 Å². The monoisotopic (exact) mass is 243 g/mol. The van der Waals surface area contributed by atoms with Gasteiger partial charge in [-0.15, -0.1) is 0 Å². The van der Waals surface area contributed by atoms with Crippen LogP contribution in [0.4, 0.5) is 8.78 Å². The topological polar surface area (TPSA) is 12.0 Å². The third-order valence-corrected chi connectivity index (χ3v) is 3.85. The maximum Gasteiger partial charge on any atom is 0.288 e. The number of hydrogen-bond acceptors (Lipinski definition) is 2. The van der Waals surface area contributed by atoms with Crippen LogP contribution < -0.4 is 5.32 Å². The van der Waals surface area contributed by atoms with Crippen molar-refractivity contribution < 1.29 is 8.78 Å². The lowest BCUT2D eigenvalue weighted by Gasteiger charge is -2.27. The molecule has 0 bridgehead atoms. The molecule has 2 rings (SSSR count). The summed E-state index contributed by atoms with van der Waals surface area (Å²) in [6.45, 7) is 3.05. The van der Waals surface area contributed by atoms with Gasteiger partial charge >= 0.3 is 0 Å². The number of halogens is 2. The van der Waals surface area contributed by atoms with Crippen LogP contribution in [-0.4, -0.2) is 12.3 Å². The molecule has 0 amide bonds. The number of thioether (sulfide) groups is 1. The summed E-state index contributed by atoms with van der Waals surface area (Å²) in [6, 6.07) is 7.45. The molecule has 1 aromatic carbocycles. The number of rotatable bonds is 3. The lowest BCUT2D eigenvalue weighted by atomic mass is 9.90. The Kier molecular flexibility index (Phi) is 3.50. The predicted octanol–water partition coefficient (Wildman–Crippen LogP) is 3.60. The Hall–Kier alpha value is -0.610. The van der Waals surface area contributed by atoms with E-state index in [1.54, 1.807) is 6.07 Å². The molecule has 1 atom stereocenters. The van der Waals surface area contributed by atoms with Crippen molar-refractivity contribution in [3.63, 3.8) is 0 Å². The molecule has 88 valence electrons. The molecule has 1 aliphatic rings. The van der Waals surface area contributed by atoms with Crippen LogP contribution in [0.5, 0.6) is 0 Å². The van der Waals surface area contributed by atoms with E-state index in [2.05, 4.69) is 12.2 Å². The summed E-state index contributed by atoms with van der Waals surface area (Å²) in [4.78, 5) is 0.689. The Morgan fingerprint density at radius 1 is 1.38 bits per heavy atom. The maximum absolute atomic E-state index is 12.5. The average Bonchev–Trinajstić information content (AvgIpc) is 2.66. The summed E-state index contributed by atoms with van der Waals surface area (Å²) in [5.74, 6) is -2.36. The van der Waals surface area contributed by atoms with Gasteiger partial charge in [0.15, 0.2) is 0 Å². The minimum Gasteiger partial charge on any atom is -0.308 e. The molecule has 16 heavy (non-hydrogen) atoms. The molecule has 0 saturated carbocycles. The Morgan fingerprint density at radius 3 is 2.75 bits per heavy atom. The van der Waals surface area contributed by atoms with Crippen LogP contribution in [-0.2, 0) is 5.54 Å². The number of benzene rings is 1. The van der Waals surface area contributed by atoms with E-state index in [1.165, 1.54) is 0 Å². The van der Waals surface area contributed by atoms with Crippen molar-refractivity contribution >= 4 is 11.8 Å². The van der Waals surface area contributed by atoms with Gasteiger partial charge in [-0.3, -0.25) is 0 Å². The van der Waals surface area contributed by atoms with Crippen molar-refractivity contribution in [3.05, 3.63) is 29.8 Å². The second kappa shape index (κ2) is 4.72. The SMILES string of the molecule is CC1(c2ccccc2SC(F)F)CCCN1. The molecule has 1 heterocycles. The molecular formula is C12H15F2NS. The fourth-order valence-electron chi connectivity index (χ4n) is 2.25. The van der Waals surface area contributed by atoms with E-state index in [1.807, 2.05) is 18.2 Å². The fourth-order valence-corrected chi connectivity index (χ4v) is 3.02. The molecule has 1 saturated heterocycles. The summed E-state index contributed by atoms with van der Waals surface area (Å²) in [7, 11) is 0. The Balaban J connectivity index is 2.32. The van der Waals surface area contributed by atoms with Crippen molar-refractivity contribution in [1.82, 2.24) is 5.32 Å². The van der Waals surface area contributed by atoms with E-state index in [4.69, 9.17) is 0 Å². The Bertz CT molecular complexity index is 362. The molecule has 1 nitrogen and oxygen atoms in total. The van der Waals surface area contributed by atoms with Crippen LogP contribution in [0.1, 0.15) is 25.3 Å². The van der Waals surface area contributed by atoms with Gasteiger partial charge in [0.25, 0.3) is 5.76 Å². The minimum atomic E-state index is -2.36. The van der Waals surface area contributed by atoms with Gasteiger partial charge in [-0.1, -0.05) is 30.0 Å². The van der Waals surface area contributed by atoms with Crippen molar-refractivity contribution in [3.8, 4) is 0 Å². The number of hydrogen-bond donors (Lipinski definition) is 1. The van der Waals surface area contributed by atoms with Crippen LogP contribution in [0.15, 0.2) is 29.2 Å². The summed E-state index contributed by atoms with van der Waals surface area (Å²) >= 11 is 0.637. The second-order valence-electron chi connectivity index (χ2n) is 4.24. The largest absolute Gasteiger partial charge is 0.308 e. The van der Waals surface area contributed by atoms with Crippen LogP contribution in [0.3, 0.4) is 0 Å². The van der Waals surface area contributed by atoms with Crippen LogP contribution in [0.25, 0.3) is 0 Å². The smallest absolute Gasteiger partial charge is 0.288 e. The molecule has 0 aliphatic carbocycles. The molecule has 1 aliphatic heterocycles. The molecule has 0 spiro atoms. The normalized spacial score (nSPS) is 25.2. The quantitative estimate of drug-likeness (QED) is 0.814. The molecule has 0 aromatic heterocycles. The van der Waals surface area contributed by atoms with Crippen molar-refractivity contribution in [2.24, 2.45) is 0 Å².